The lowest BCUT2D eigenvalue weighted by Gasteiger charge is -2.28. The Morgan fingerprint density at radius 1 is 1.22 bits per heavy atom. The molecule has 0 spiro atoms. The molecule has 5 nitrogen and oxygen atoms in total. The van der Waals surface area contributed by atoms with Crippen LogP contribution < -0.4 is 9.64 Å². The molecule has 0 bridgehead atoms. The second kappa shape index (κ2) is 6.50. The summed E-state index contributed by atoms with van der Waals surface area (Å²) < 4.78 is 33.3. The third kappa shape index (κ3) is 2.85. The quantitative estimate of drug-likeness (QED) is 0.762. The largest absolute Gasteiger partial charge is 0.481 e. The van der Waals surface area contributed by atoms with Crippen LogP contribution in [0.3, 0.4) is 0 Å². The van der Waals surface area contributed by atoms with Crippen LogP contribution in [-0.2, 0) is 6.42 Å². The summed E-state index contributed by atoms with van der Waals surface area (Å²) in [4.78, 5) is 21.8. The number of H-pyrrole nitrogens is 1. The van der Waals surface area contributed by atoms with E-state index >= 15 is 0 Å². The summed E-state index contributed by atoms with van der Waals surface area (Å²) in [5.74, 6) is -1.10. The summed E-state index contributed by atoms with van der Waals surface area (Å²) >= 11 is 0. The lowest BCUT2D eigenvalue weighted by atomic mass is 10.0. The zero-order valence-corrected chi connectivity index (χ0v) is 14.8. The number of anilines is 1. The van der Waals surface area contributed by atoms with Gasteiger partial charge >= 0.3 is 0 Å². The first-order chi connectivity index (χ1) is 13.0. The smallest absolute Gasteiger partial charge is 0.260 e. The van der Waals surface area contributed by atoms with Crippen molar-refractivity contribution in [1.82, 2.24) is 9.97 Å². The highest BCUT2D eigenvalue weighted by Crippen LogP contribution is 2.32. The number of hydrogen-bond donors (Lipinski definition) is 1. The third-order valence-corrected chi connectivity index (χ3v) is 4.75. The van der Waals surface area contributed by atoms with E-state index in [0.717, 1.165) is 5.56 Å². The van der Waals surface area contributed by atoms with E-state index in [2.05, 4.69) is 9.97 Å². The van der Waals surface area contributed by atoms with E-state index in [-0.39, 0.29) is 17.2 Å². The highest BCUT2D eigenvalue weighted by molar-refractivity contribution is 6.09. The fourth-order valence-corrected chi connectivity index (χ4v) is 3.39. The maximum Gasteiger partial charge on any atom is 0.260 e. The number of nitrogens with zero attached hydrogens (tertiary/aromatic N) is 2. The molecule has 1 amide bonds. The zero-order valence-electron chi connectivity index (χ0n) is 14.8. The monoisotopic (exact) mass is 369 g/mol. The Kier molecular flexibility index (Phi) is 4.14. The maximum atomic E-state index is 14.1. The van der Waals surface area contributed by atoms with Crippen molar-refractivity contribution in [2.45, 2.75) is 13.3 Å². The molecule has 0 atom stereocenters. The van der Waals surface area contributed by atoms with Crippen LogP contribution in [0.15, 0.2) is 36.5 Å². The lowest BCUT2D eigenvalue weighted by Crippen LogP contribution is -2.37. The van der Waals surface area contributed by atoms with E-state index in [1.54, 1.807) is 17.2 Å². The van der Waals surface area contributed by atoms with E-state index in [4.69, 9.17) is 4.74 Å². The summed E-state index contributed by atoms with van der Waals surface area (Å²) in [6.45, 7) is 2.32. The Morgan fingerprint density at radius 2 is 1.96 bits per heavy atom. The van der Waals surface area contributed by atoms with E-state index < -0.39 is 11.6 Å². The number of aryl methyl sites for hydroxylation is 1. The van der Waals surface area contributed by atoms with Gasteiger partial charge in [0.25, 0.3) is 5.91 Å². The summed E-state index contributed by atoms with van der Waals surface area (Å²) in [5.41, 5.74) is 2.73. The normalized spacial score (nSPS) is 13.6. The summed E-state index contributed by atoms with van der Waals surface area (Å²) in [6.07, 6.45) is 2.14. The molecule has 138 valence electrons. The SMILES string of the molecule is COc1cc(C)c(N2CCc3[nH]c(-c4c(F)cccc4F)cc3C2=O)cn1. The molecule has 27 heavy (non-hydrogen) atoms. The minimum atomic E-state index is -0.673. The number of methoxy groups -OCH3 is 1. The molecule has 1 aliphatic heterocycles. The molecule has 7 heteroatoms. The molecule has 0 radical (unpaired) electrons. The van der Waals surface area contributed by atoms with E-state index in [0.29, 0.717) is 35.8 Å². The van der Waals surface area contributed by atoms with Crippen molar-refractivity contribution in [2.24, 2.45) is 0 Å². The number of benzene rings is 1. The standard InChI is InChI=1S/C20H17F2N3O2/c1-11-8-18(27-2)23-10-17(11)25-7-6-15-12(20(25)26)9-16(24-15)19-13(21)4-3-5-14(19)22/h3-5,8-10,24H,6-7H2,1-2H3. The number of fused-ring (bicyclic) bond motifs is 1. The second-order valence-corrected chi connectivity index (χ2v) is 6.39. The lowest BCUT2D eigenvalue weighted by molar-refractivity contribution is 0.0980. The Labute approximate surface area is 154 Å². The molecule has 4 rings (SSSR count). The minimum absolute atomic E-state index is 0.159. The van der Waals surface area contributed by atoms with Crippen molar-refractivity contribution < 1.29 is 18.3 Å². The molecular formula is C20H17F2N3O2. The number of halogens is 2. The molecular weight excluding hydrogens is 352 g/mol. The van der Waals surface area contributed by atoms with Crippen LogP contribution in [0.2, 0.25) is 0 Å². The Bertz CT molecular complexity index is 1030. The molecule has 1 N–H and O–H groups in total. The van der Waals surface area contributed by atoms with Gasteiger partial charge in [-0.25, -0.2) is 13.8 Å². The average molecular weight is 369 g/mol. The molecule has 3 heterocycles. The molecule has 1 aliphatic rings. The van der Waals surface area contributed by atoms with Gasteiger partial charge in [0.2, 0.25) is 5.88 Å². The number of aromatic nitrogens is 2. The van der Waals surface area contributed by atoms with Crippen LogP contribution in [0.5, 0.6) is 5.88 Å². The molecule has 0 saturated heterocycles. The Hall–Kier alpha value is -3.22. The summed E-state index contributed by atoms with van der Waals surface area (Å²) in [6, 6.07) is 6.97. The van der Waals surface area contributed by atoms with Crippen LogP contribution in [-0.4, -0.2) is 29.5 Å². The zero-order chi connectivity index (χ0) is 19.1. The number of carbonyl (C=O) groups is 1. The number of nitrogens with one attached hydrogen (secondary N) is 1. The first kappa shape index (κ1) is 17.2. The summed E-state index contributed by atoms with van der Waals surface area (Å²) in [7, 11) is 1.53. The van der Waals surface area contributed by atoms with Gasteiger partial charge < -0.3 is 14.6 Å². The van der Waals surface area contributed by atoms with E-state index in [1.807, 2.05) is 6.92 Å². The molecule has 2 aromatic heterocycles. The van der Waals surface area contributed by atoms with Gasteiger partial charge in [0.05, 0.1) is 35.8 Å². The highest BCUT2D eigenvalue weighted by atomic mass is 19.1. The van der Waals surface area contributed by atoms with Crippen molar-refractivity contribution in [3.63, 3.8) is 0 Å². The van der Waals surface area contributed by atoms with Gasteiger partial charge in [-0.1, -0.05) is 6.07 Å². The van der Waals surface area contributed by atoms with E-state index in [1.165, 1.54) is 31.4 Å². The van der Waals surface area contributed by atoms with E-state index in [9.17, 15) is 13.6 Å². The van der Waals surface area contributed by atoms with Crippen LogP contribution in [0.25, 0.3) is 11.3 Å². The van der Waals surface area contributed by atoms with Gasteiger partial charge in [-0.2, -0.15) is 0 Å². The number of carbonyl (C=O) groups excluding carboxylic acids is 1. The second-order valence-electron chi connectivity index (χ2n) is 6.39. The molecule has 3 aromatic rings. The summed E-state index contributed by atoms with van der Waals surface area (Å²) in [5, 5.41) is 0. The van der Waals surface area contributed by atoms with Crippen LogP contribution in [0, 0.1) is 18.6 Å². The topological polar surface area (TPSA) is 58.2 Å². The van der Waals surface area contributed by atoms with Crippen molar-refractivity contribution >= 4 is 11.6 Å². The predicted molar refractivity (Wildman–Crippen MR) is 97.1 cm³/mol. The average Bonchev–Trinajstić information content (AvgIpc) is 3.07. The fraction of sp³-hybridized carbons (Fsp3) is 0.200. The number of amides is 1. The minimum Gasteiger partial charge on any atom is -0.481 e. The Morgan fingerprint density at radius 3 is 2.63 bits per heavy atom. The van der Waals surface area contributed by atoms with Crippen molar-refractivity contribution in [3.05, 3.63) is 65.0 Å². The van der Waals surface area contributed by atoms with Crippen LogP contribution >= 0.6 is 0 Å². The number of pyridine rings is 1. The van der Waals surface area contributed by atoms with Crippen LogP contribution in [0.4, 0.5) is 14.5 Å². The number of hydrogen-bond acceptors (Lipinski definition) is 3. The van der Waals surface area contributed by atoms with Gasteiger partial charge in [-0.3, -0.25) is 4.79 Å². The van der Waals surface area contributed by atoms with Crippen molar-refractivity contribution in [3.8, 4) is 17.1 Å². The Balaban J connectivity index is 1.72. The van der Waals surface area contributed by atoms with Gasteiger partial charge in [0.1, 0.15) is 11.6 Å². The first-order valence-corrected chi connectivity index (χ1v) is 8.48. The molecule has 0 fully saturated rings. The van der Waals surface area contributed by atoms with Crippen molar-refractivity contribution in [2.75, 3.05) is 18.6 Å². The number of ether oxygens (including phenoxy) is 1. The first-order valence-electron chi connectivity index (χ1n) is 8.48. The molecule has 1 aromatic carbocycles. The molecule has 0 aliphatic carbocycles. The van der Waals surface area contributed by atoms with Crippen LogP contribution in [0.1, 0.15) is 21.6 Å². The molecule has 0 unspecified atom stereocenters. The van der Waals surface area contributed by atoms with Gasteiger partial charge in [0, 0.05) is 24.7 Å². The number of aromatic amines is 1. The number of rotatable bonds is 3. The maximum absolute atomic E-state index is 14.1. The highest BCUT2D eigenvalue weighted by Gasteiger charge is 2.29. The third-order valence-electron chi connectivity index (χ3n) is 4.75. The van der Waals surface area contributed by atoms with Crippen molar-refractivity contribution in [1.29, 1.82) is 0 Å². The van der Waals surface area contributed by atoms with Gasteiger partial charge in [-0.05, 0) is 30.7 Å². The molecule has 0 saturated carbocycles. The van der Waals surface area contributed by atoms with Gasteiger partial charge in [-0.15, -0.1) is 0 Å². The fourth-order valence-electron chi connectivity index (χ4n) is 3.39. The van der Waals surface area contributed by atoms with Gasteiger partial charge in [0.15, 0.2) is 0 Å². The predicted octanol–water partition coefficient (Wildman–Crippen LogP) is 3.87.